The van der Waals surface area contributed by atoms with E-state index in [1.807, 2.05) is 38.9 Å². The highest BCUT2D eigenvalue weighted by molar-refractivity contribution is 7.80. The van der Waals surface area contributed by atoms with Crippen molar-refractivity contribution < 1.29 is 22.1 Å². The maximum absolute atomic E-state index is 9.85. The molecule has 96 valence electrons. The van der Waals surface area contributed by atoms with Crippen molar-refractivity contribution in [1.82, 2.24) is 10.3 Å². The van der Waals surface area contributed by atoms with E-state index in [0.717, 1.165) is 5.70 Å². The van der Waals surface area contributed by atoms with E-state index >= 15 is 0 Å². The molecule has 0 saturated heterocycles. The Balaban J connectivity index is 0.00000256. The van der Waals surface area contributed by atoms with Crippen molar-refractivity contribution in [2.75, 3.05) is 21.1 Å². The molecular formula is C10H17ClN4OS. The van der Waals surface area contributed by atoms with Crippen molar-refractivity contribution in [3.8, 4) is 0 Å². The molecule has 0 atom stereocenters. The number of allylic oxidation sites excluding steroid dienone is 2. The highest BCUT2D eigenvalue weighted by Gasteiger charge is 2.21. The summed E-state index contributed by atoms with van der Waals surface area (Å²) in [5, 5.41) is 14.4. The van der Waals surface area contributed by atoms with E-state index in [0.29, 0.717) is 17.2 Å². The monoisotopic (exact) mass is 276 g/mol. The molecule has 1 heterocycles. The quantitative estimate of drug-likeness (QED) is 0.321. The van der Waals surface area contributed by atoms with Crippen LogP contribution in [0.25, 0.3) is 0 Å². The predicted octanol–water partition coefficient (Wildman–Crippen LogP) is -2.31. The third kappa shape index (κ3) is 3.98. The van der Waals surface area contributed by atoms with Crippen LogP contribution in [0.1, 0.15) is 13.3 Å². The second-order valence-electron chi connectivity index (χ2n) is 3.80. The molecule has 1 rings (SSSR count). The van der Waals surface area contributed by atoms with Crippen LogP contribution in [0.3, 0.4) is 0 Å². The molecule has 0 fully saturated rings. The minimum absolute atomic E-state index is 0. The van der Waals surface area contributed by atoms with Crippen LogP contribution in [0.2, 0.25) is 0 Å². The van der Waals surface area contributed by atoms with E-state index in [1.54, 1.807) is 4.90 Å². The fraction of sp³-hybridized carbons (Fsp3) is 0.500. The number of thiocarbonyl (C=S) groups is 1. The Labute approximate surface area is 113 Å². The maximum atomic E-state index is 9.85. The lowest BCUT2D eigenvalue weighted by Crippen LogP contribution is -3.00. The number of hydrazone groups is 1. The summed E-state index contributed by atoms with van der Waals surface area (Å²) in [4.78, 5) is 1.74. The molecule has 0 aromatic heterocycles. The highest BCUT2D eigenvalue weighted by atomic mass is 35.5. The molecule has 17 heavy (non-hydrogen) atoms. The molecule has 5 nitrogen and oxygen atoms in total. The number of hydrogen-bond donors (Lipinski definition) is 2. The Hall–Kier alpha value is -1.14. The molecular weight excluding hydrogens is 260 g/mol. The van der Waals surface area contributed by atoms with Crippen LogP contribution in [-0.4, -0.2) is 52.8 Å². The van der Waals surface area contributed by atoms with Crippen molar-refractivity contribution in [3.63, 3.8) is 0 Å². The lowest BCUT2D eigenvalue weighted by Gasteiger charge is -2.14. The van der Waals surface area contributed by atoms with E-state index in [2.05, 4.69) is 10.5 Å². The van der Waals surface area contributed by atoms with Gasteiger partial charge in [0.2, 0.25) is 11.5 Å². The minimum atomic E-state index is 0. The Bertz CT molecular complexity index is 401. The second kappa shape index (κ2) is 6.56. The van der Waals surface area contributed by atoms with Gasteiger partial charge in [0.1, 0.15) is 12.8 Å². The second-order valence-corrected chi connectivity index (χ2v) is 4.19. The Morgan fingerprint density at radius 2 is 2.18 bits per heavy atom. The van der Waals surface area contributed by atoms with Gasteiger partial charge < -0.3 is 22.4 Å². The van der Waals surface area contributed by atoms with Gasteiger partial charge in [0, 0.05) is 21.0 Å². The van der Waals surface area contributed by atoms with Gasteiger partial charge in [-0.25, -0.2) is 4.58 Å². The average Bonchev–Trinajstić information content (AvgIpc) is 2.24. The molecule has 7 heteroatoms. The van der Waals surface area contributed by atoms with Gasteiger partial charge in [0.25, 0.3) is 0 Å². The molecule has 0 radical (unpaired) electrons. The first-order chi connectivity index (χ1) is 7.43. The Kier molecular flexibility index (Phi) is 6.12. The van der Waals surface area contributed by atoms with Crippen LogP contribution in [0, 0.1) is 0 Å². The van der Waals surface area contributed by atoms with E-state index in [1.165, 1.54) is 0 Å². The van der Waals surface area contributed by atoms with E-state index in [-0.39, 0.29) is 18.2 Å². The summed E-state index contributed by atoms with van der Waals surface area (Å²) in [5.74, 6) is 0.207. The molecule has 0 saturated carbocycles. The normalized spacial score (nSPS) is 17.4. The summed E-state index contributed by atoms with van der Waals surface area (Å²) >= 11 is 5.03. The molecule has 0 aromatic carbocycles. The van der Waals surface area contributed by atoms with Gasteiger partial charge in [-0.1, -0.05) is 0 Å². The number of nitrogens with one attached hydrogen (secondary N) is 1. The Morgan fingerprint density at radius 1 is 1.59 bits per heavy atom. The zero-order valence-corrected chi connectivity index (χ0v) is 11.9. The van der Waals surface area contributed by atoms with Crippen LogP contribution >= 0.6 is 12.2 Å². The zero-order valence-electron chi connectivity index (χ0n) is 10.4. The fourth-order valence-electron chi connectivity index (χ4n) is 1.15. The summed E-state index contributed by atoms with van der Waals surface area (Å²) < 4.78 is 1.87. The summed E-state index contributed by atoms with van der Waals surface area (Å²) in [5.41, 5.74) is 4.11. The summed E-state index contributed by atoms with van der Waals surface area (Å²) in [6.45, 7) is 1.84. The number of halogens is 1. The molecule has 0 aromatic rings. The van der Waals surface area contributed by atoms with E-state index in [9.17, 15) is 5.11 Å². The third-order valence-corrected chi connectivity index (χ3v) is 2.85. The minimum Gasteiger partial charge on any atom is -1.00 e. The molecule has 2 N–H and O–H groups in total. The van der Waals surface area contributed by atoms with Gasteiger partial charge in [-0.3, -0.25) is 5.43 Å². The molecule has 1 aliphatic heterocycles. The van der Waals surface area contributed by atoms with Gasteiger partial charge in [0.15, 0.2) is 11.3 Å². The van der Waals surface area contributed by atoms with E-state index < -0.39 is 0 Å². The zero-order chi connectivity index (χ0) is 12.3. The summed E-state index contributed by atoms with van der Waals surface area (Å²) in [6, 6.07) is 0. The molecule has 0 amide bonds. The largest absolute Gasteiger partial charge is 1.00 e. The number of hydrogen-bond acceptors (Lipinski definition) is 3. The Morgan fingerprint density at radius 3 is 2.71 bits per heavy atom. The van der Waals surface area contributed by atoms with Gasteiger partial charge >= 0.3 is 0 Å². The standard InChI is InChI=1S/C10H16N4OS.ClH/c1-7-9(15)8(5-6-14(7)4)11-12-10(16)13(2)3;/h6H,5H2,1-4H3,(H-,12,15,16);1H. The predicted molar refractivity (Wildman–Crippen MR) is 69.0 cm³/mol. The summed E-state index contributed by atoms with van der Waals surface area (Å²) in [6.07, 6.45) is 2.54. The lowest BCUT2D eigenvalue weighted by atomic mass is 10.1. The number of nitrogens with zero attached hydrogens (tertiary/aromatic N) is 3. The van der Waals surface area contributed by atoms with E-state index in [4.69, 9.17) is 12.2 Å². The van der Waals surface area contributed by atoms with Crippen LogP contribution < -0.4 is 17.8 Å². The van der Waals surface area contributed by atoms with Crippen LogP contribution in [-0.2, 0) is 0 Å². The first-order valence-corrected chi connectivity index (χ1v) is 5.34. The van der Waals surface area contributed by atoms with Crippen molar-refractivity contribution in [1.29, 1.82) is 0 Å². The fourth-order valence-corrected chi connectivity index (χ4v) is 1.19. The van der Waals surface area contributed by atoms with Crippen LogP contribution in [0.5, 0.6) is 0 Å². The first-order valence-electron chi connectivity index (χ1n) is 4.93. The first kappa shape index (κ1) is 15.9. The number of aliphatic hydroxyl groups excluding tert-OH is 1. The smallest absolute Gasteiger partial charge is 0.221 e. The van der Waals surface area contributed by atoms with Crippen LogP contribution in [0.4, 0.5) is 0 Å². The highest BCUT2D eigenvalue weighted by Crippen LogP contribution is 2.09. The van der Waals surface area contributed by atoms with Crippen molar-refractivity contribution in [2.45, 2.75) is 13.3 Å². The number of rotatable bonds is 1. The molecule has 0 spiro atoms. The molecule has 0 bridgehead atoms. The van der Waals surface area contributed by atoms with Crippen molar-refractivity contribution >= 4 is 29.3 Å². The van der Waals surface area contributed by atoms with Gasteiger partial charge in [-0.15, -0.1) is 0 Å². The van der Waals surface area contributed by atoms with Gasteiger partial charge in [-0.05, 0) is 12.2 Å². The van der Waals surface area contributed by atoms with Gasteiger partial charge in [-0.2, -0.15) is 5.10 Å². The third-order valence-electron chi connectivity index (χ3n) is 2.40. The van der Waals surface area contributed by atoms with Crippen molar-refractivity contribution in [3.05, 3.63) is 11.5 Å². The number of aliphatic hydroxyl groups is 1. The average molecular weight is 277 g/mol. The summed E-state index contributed by atoms with van der Waals surface area (Å²) in [7, 11) is 5.55. The lowest BCUT2D eigenvalue weighted by molar-refractivity contribution is -0.442. The molecule has 0 aliphatic carbocycles. The van der Waals surface area contributed by atoms with Crippen molar-refractivity contribution in [2.24, 2.45) is 5.10 Å². The molecule has 0 unspecified atom stereocenters. The SMILES string of the molecule is CC1=C(O)C(=NNC(=S)N(C)C)CC=[N+]1C.[Cl-]. The maximum Gasteiger partial charge on any atom is 0.221 e. The van der Waals surface area contributed by atoms with Gasteiger partial charge in [0.05, 0.1) is 6.42 Å². The topological polar surface area (TPSA) is 50.9 Å². The van der Waals surface area contributed by atoms with Crippen LogP contribution in [0.15, 0.2) is 16.6 Å². The molecule has 1 aliphatic rings.